The lowest BCUT2D eigenvalue weighted by Crippen LogP contribution is -2.73. The average molecular weight is 467 g/mol. The largest absolute Gasteiger partial charge is 0.618 e. The minimum absolute atomic E-state index is 0.134. The molecule has 0 saturated carbocycles. The van der Waals surface area contributed by atoms with Crippen LogP contribution in [-0.4, -0.2) is 53.0 Å². The number of amides is 1. The van der Waals surface area contributed by atoms with Crippen molar-refractivity contribution in [2.75, 3.05) is 19.4 Å². The van der Waals surface area contributed by atoms with Crippen molar-refractivity contribution >= 4 is 35.3 Å². The number of quaternary nitrogens is 1. The van der Waals surface area contributed by atoms with E-state index < -0.39 is 34.0 Å². The lowest BCUT2D eigenvalue weighted by atomic mass is 10.0. The lowest BCUT2D eigenvalue weighted by Gasteiger charge is -2.54. The van der Waals surface area contributed by atoms with Crippen LogP contribution in [0.15, 0.2) is 76.9 Å². The third-order valence-electron chi connectivity index (χ3n) is 5.48. The number of benzene rings is 2. The average Bonchev–Trinajstić information content (AvgIpc) is 2.83. The van der Waals surface area contributed by atoms with Gasteiger partial charge in [0.05, 0.1) is 0 Å². The van der Waals surface area contributed by atoms with Crippen molar-refractivity contribution in [3.63, 3.8) is 0 Å². The molecule has 0 spiro atoms. The molecule has 1 fully saturated rings. The van der Waals surface area contributed by atoms with Gasteiger partial charge in [-0.1, -0.05) is 72.4 Å². The van der Waals surface area contributed by atoms with Crippen molar-refractivity contribution in [3.8, 4) is 0 Å². The fraction of sp³-hybridized carbons (Fsp3) is 0.250. The van der Waals surface area contributed by atoms with Crippen molar-refractivity contribution < 1.29 is 28.5 Å². The summed E-state index contributed by atoms with van der Waals surface area (Å²) in [4.78, 5) is 41.5. The molecule has 33 heavy (non-hydrogen) atoms. The maximum absolute atomic E-state index is 13.7. The Labute approximate surface area is 195 Å². The first-order valence-electron chi connectivity index (χ1n) is 10.3. The van der Waals surface area contributed by atoms with E-state index >= 15 is 0 Å². The van der Waals surface area contributed by atoms with Crippen LogP contribution in [0.5, 0.6) is 0 Å². The minimum Gasteiger partial charge on any atom is -0.618 e. The number of nitrogens with zero attached hydrogens (tertiary/aromatic N) is 2. The molecule has 2 aliphatic rings. The SMILES string of the molecule is CN=C1C(=O)[N+]2([O-])C(C(=O)OC(c3ccccc3)c3ccccc3)=C(COC(C)=O)CS[C@H]12. The van der Waals surface area contributed by atoms with Crippen molar-refractivity contribution in [3.05, 3.63) is 88.3 Å². The Balaban J connectivity index is 1.74. The van der Waals surface area contributed by atoms with Crippen molar-refractivity contribution in [1.82, 2.24) is 0 Å². The van der Waals surface area contributed by atoms with E-state index in [1.807, 2.05) is 60.7 Å². The number of hydroxylamine groups is 3. The van der Waals surface area contributed by atoms with E-state index in [4.69, 9.17) is 9.47 Å². The van der Waals surface area contributed by atoms with Crippen LogP contribution in [-0.2, 0) is 23.9 Å². The van der Waals surface area contributed by atoms with Gasteiger partial charge in [0, 0.05) is 25.3 Å². The summed E-state index contributed by atoms with van der Waals surface area (Å²) in [5.41, 5.74) is 1.48. The number of fused-ring (bicyclic) bond motifs is 1. The maximum atomic E-state index is 13.7. The monoisotopic (exact) mass is 466 g/mol. The normalized spacial score (nSPS) is 23.2. The van der Waals surface area contributed by atoms with Crippen LogP contribution in [0.1, 0.15) is 24.2 Å². The van der Waals surface area contributed by atoms with Gasteiger partial charge in [-0.2, -0.15) is 0 Å². The van der Waals surface area contributed by atoms with Crippen LogP contribution < -0.4 is 0 Å². The molecule has 9 heteroatoms. The topological polar surface area (TPSA) is 105 Å². The third kappa shape index (κ3) is 4.10. The molecule has 0 aromatic heterocycles. The molecule has 4 rings (SSSR count). The Morgan fingerprint density at radius 3 is 2.21 bits per heavy atom. The first-order valence-corrected chi connectivity index (χ1v) is 11.3. The Bertz CT molecular complexity index is 1110. The van der Waals surface area contributed by atoms with Gasteiger partial charge in [-0.15, -0.1) is 0 Å². The molecule has 2 aliphatic heterocycles. The second kappa shape index (κ2) is 9.30. The first kappa shape index (κ1) is 22.9. The summed E-state index contributed by atoms with van der Waals surface area (Å²) >= 11 is 1.19. The molecule has 0 aliphatic carbocycles. The van der Waals surface area contributed by atoms with Gasteiger partial charge in [0.25, 0.3) is 0 Å². The van der Waals surface area contributed by atoms with Crippen LogP contribution >= 0.6 is 11.8 Å². The molecule has 2 aromatic rings. The Morgan fingerprint density at radius 2 is 1.70 bits per heavy atom. The molecule has 1 amide bonds. The number of thioether (sulfide) groups is 1. The standard InChI is InChI=1S/C24H22N2O6S/c1-15(27)31-13-18-14-33-23-19(25-2)22(28)26(23,30)20(18)24(29)32-21(16-9-5-3-6-10-16)17-11-7-4-8-12-17/h3-12,21,23H,13-14H2,1-2H3/t23-,26?/m1/s1. The van der Waals surface area contributed by atoms with Crippen LogP contribution in [0, 0.1) is 5.21 Å². The van der Waals surface area contributed by atoms with Gasteiger partial charge in [0.15, 0.2) is 6.10 Å². The zero-order valence-corrected chi connectivity index (χ0v) is 18.9. The van der Waals surface area contributed by atoms with Gasteiger partial charge in [0.2, 0.25) is 16.8 Å². The van der Waals surface area contributed by atoms with Crippen LogP contribution in [0.2, 0.25) is 0 Å². The molecule has 2 heterocycles. The van der Waals surface area contributed by atoms with E-state index in [1.165, 1.54) is 25.7 Å². The summed E-state index contributed by atoms with van der Waals surface area (Å²) < 4.78 is 9.45. The number of carbonyl (C=O) groups is 3. The van der Waals surface area contributed by atoms with Gasteiger partial charge in [-0.05, 0) is 11.1 Å². The maximum Gasteiger partial charge on any atom is 0.394 e. The predicted molar refractivity (Wildman–Crippen MR) is 123 cm³/mol. The van der Waals surface area contributed by atoms with Gasteiger partial charge in [-0.3, -0.25) is 9.79 Å². The number of aliphatic imine (C=N–C) groups is 1. The third-order valence-corrected chi connectivity index (χ3v) is 6.83. The second-order valence-electron chi connectivity index (χ2n) is 7.57. The van der Waals surface area contributed by atoms with Crippen molar-refractivity contribution in [1.29, 1.82) is 0 Å². The van der Waals surface area contributed by atoms with E-state index in [1.54, 1.807) is 0 Å². The van der Waals surface area contributed by atoms with Gasteiger partial charge in [0.1, 0.15) is 6.61 Å². The molecule has 1 unspecified atom stereocenters. The highest BCUT2D eigenvalue weighted by Gasteiger charge is 2.63. The molecule has 0 bridgehead atoms. The van der Waals surface area contributed by atoms with E-state index in [-0.39, 0.29) is 29.3 Å². The summed E-state index contributed by atoms with van der Waals surface area (Å²) in [5, 5.41) is 12.9. The molecule has 2 aromatic carbocycles. The minimum atomic E-state index is -1.50. The second-order valence-corrected chi connectivity index (χ2v) is 8.64. The summed E-state index contributed by atoms with van der Waals surface area (Å²) in [6.45, 7) is 0.964. The predicted octanol–water partition coefficient (Wildman–Crippen LogP) is 3.13. The molecular formula is C24H22N2O6S. The fourth-order valence-corrected chi connectivity index (χ4v) is 5.26. The number of esters is 2. The van der Waals surface area contributed by atoms with Crippen LogP contribution in [0.25, 0.3) is 0 Å². The van der Waals surface area contributed by atoms with Crippen molar-refractivity contribution in [2.24, 2.45) is 4.99 Å². The summed E-state index contributed by atoms with van der Waals surface area (Å²) in [5.74, 6) is -2.05. The zero-order valence-electron chi connectivity index (χ0n) is 18.1. The quantitative estimate of drug-likeness (QED) is 0.279. The van der Waals surface area contributed by atoms with E-state index in [0.29, 0.717) is 11.1 Å². The first-order chi connectivity index (χ1) is 15.9. The number of hydrogen-bond acceptors (Lipinski definition) is 8. The number of ether oxygens (including phenoxy) is 2. The van der Waals surface area contributed by atoms with E-state index in [0.717, 1.165) is 0 Å². The van der Waals surface area contributed by atoms with Gasteiger partial charge in [-0.25, -0.2) is 14.2 Å². The molecule has 1 saturated heterocycles. The fourth-order valence-electron chi connectivity index (χ4n) is 3.91. The van der Waals surface area contributed by atoms with Crippen molar-refractivity contribution in [2.45, 2.75) is 18.4 Å². The lowest BCUT2D eigenvalue weighted by molar-refractivity contribution is -0.773. The molecule has 8 nitrogen and oxygen atoms in total. The Hall–Kier alpha value is -3.27. The van der Waals surface area contributed by atoms with Gasteiger partial charge >= 0.3 is 17.8 Å². The zero-order chi connectivity index (χ0) is 23.6. The highest BCUT2D eigenvalue weighted by atomic mass is 32.2. The Morgan fingerprint density at radius 1 is 1.12 bits per heavy atom. The number of β-lactam (4-membered cyclic amide) rings is 1. The molecule has 0 radical (unpaired) electrons. The Kier molecular flexibility index (Phi) is 6.46. The van der Waals surface area contributed by atoms with E-state index in [9.17, 15) is 19.6 Å². The van der Waals surface area contributed by atoms with Gasteiger partial charge < -0.3 is 14.7 Å². The number of rotatable bonds is 6. The molecular weight excluding hydrogens is 444 g/mol. The summed E-state index contributed by atoms with van der Waals surface area (Å²) in [7, 11) is 1.44. The highest BCUT2D eigenvalue weighted by molar-refractivity contribution is 8.00. The number of carbonyl (C=O) groups excluding carboxylic acids is 3. The molecule has 170 valence electrons. The summed E-state index contributed by atoms with van der Waals surface area (Å²) in [6.07, 6.45) is -0.794. The number of hydrogen-bond donors (Lipinski definition) is 0. The molecule has 2 atom stereocenters. The van der Waals surface area contributed by atoms with Crippen LogP contribution in [0.3, 0.4) is 0 Å². The highest BCUT2D eigenvalue weighted by Crippen LogP contribution is 2.46. The van der Waals surface area contributed by atoms with Crippen LogP contribution in [0.4, 0.5) is 0 Å². The smallest absolute Gasteiger partial charge is 0.394 e. The van der Waals surface area contributed by atoms with E-state index in [2.05, 4.69) is 4.99 Å². The summed E-state index contributed by atoms with van der Waals surface area (Å²) in [6, 6.07) is 18.2. The molecule has 0 N–H and O–H groups in total.